The lowest BCUT2D eigenvalue weighted by Crippen LogP contribution is -2.17. The number of nitrogens with one attached hydrogen (secondary N) is 1. The largest absolute Gasteiger partial charge is 0.421 e. The second kappa shape index (κ2) is 6.95. The summed E-state index contributed by atoms with van der Waals surface area (Å²) >= 11 is 0. The van der Waals surface area contributed by atoms with Gasteiger partial charge in [0.05, 0.1) is 0 Å². The van der Waals surface area contributed by atoms with Crippen LogP contribution in [-0.2, 0) is 13.0 Å². The molecule has 112 valence electrons. The Balaban J connectivity index is 1.51. The Morgan fingerprint density at radius 1 is 0.955 bits per heavy atom. The van der Waals surface area contributed by atoms with Gasteiger partial charge < -0.3 is 9.73 Å². The summed E-state index contributed by atoms with van der Waals surface area (Å²) in [5.74, 6) is 0.892. The summed E-state index contributed by atoms with van der Waals surface area (Å²) in [7, 11) is 0. The molecule has 0 bridgehead atoms. The van der Waals surface area contributed by atoms with E-state index in [0.717, 1.165) is 5.56 Å². The van der Waals surface area contributed by atoms with Gasteiger partial charge in [-0.1, -0.05) is 36.4 Å². The van der Waals surface area contributed by atoms with E-state index >= 15 is 0 Å². The van der Waals surface area contributed by atoms with E-state index in [1.807, 2.05) is 36.4 Å². The Hall–Kier alpha value is -2.53. The standard InChI is InChI=1S/C17H16FN3O/c18-15-9-5-4-8-14(15)12-19-11-10-16-20-21-17(22-16)13-6-2-1-3-7-13/h1-9,19H,10-12H2. The number of hydrogen-bond acceptors (Lipinski definition) is 4. The molecule has 0 amide bonds. The zero-order valence-electron chi connectivity index (χ0n) is 12.0. The molecule has 1 N–H and O–H groups in total. The number of benzene rings is 2. The summed E-state index contributed by atoms with van der Waals surface area (Å²) < 4.78 is 19.1. The molecule has 0 aliphatic heterocycles. The smallest absolute Gasteiger partial charge is 0.247 e. The van der Waals surface area contributed by atoms with E-state index in [4.69, 9.17) is 4.42 Å². The van der Waals surface area contributed by atoms with Crippen molar-refractivity contribution in [2.45, 2.75) is 13.0 Å². The van der Waals surface area contributed by atoms with E-state index in [1.54, 1.807) is 12.1 Å². The fourth-order valence-corrected chi connectivity index (χ4v) is 2.11. The molecule has 2 aromatic carbocycles. The predicted molar refractivity (Wildman–Crippen MR) is 81.5 cm³/mol. The first-order valence-corrected chi connectivity index (χ1v) is 7.15. The maximum absolute atomic E-state index is 13.5. The monoisotopic (exact) mass is 297 g/mol. The Morgan fingerprint density at radius 2 is 1.73 bits per heavy atom. The minimum Gasteiger partial charge on any atom is -0.421 e. The van der Waals surface area contributed by atoms with Gasteiger partial charge in [-0.2, -0.15) is 0 Å². The van der Waals surface area contributed by atoms with Crippen LogP contribution in [0.25, 0.3) is 11.5 Å². The van der Waals surface area contributed by atoms with Crippen LogP contribution in [-0.4, -0.2) is 16.7 Å². The van der Waals surface area contributed by atoms with Crippen molar-refractivity contribution in [2.75, 3.05) is 6.54 Å². The lowest BCUT2D eigenvalue weighted by atomic mass is 10.2. The van der Waals surface area contributed by atoms with Gasteiger partial charge in [0.2, 0.25) is 11.8 Å². The van der Waals surface area contributed by atoms with Gasteiger partial charge in [-0.25, -0.2) is 4.39 Å². The van der Waals surface area contributed by atoms with Gasteiger partial charge >= 0.3 is 0 Å². The summed E-state index contributed by atoms with van der Waals surface area (Å²) in [6.07, 6.45) is 0.605. The van der Waals surface area contributed by atoms with Gasteiger partial charge in [0.25, 0.3) is 0 Å². The number of rotatable bonds is 6. The van der Waals surface area contributed by atoms with Crippen LogP contribution in [0.3, 0.4) is 0 Å². The van der Waals surface area contributed by atoms with Crippen molar-refractivity contribution in [1.29, 1.82) is 0 Å². The molecule has 22 heavy (non-hydrogen) atoms. The summed E-state index contributed by atoms with van der Waals surface area (Å²) in [5.41, 5.74) is 1.55. The fourth-order valence-electron chi connectivity index (χ4n) is 2.11. The quantitative estimate of drug-likeness (QED) is 0.710. The third-order valence-corrected chi connectivity index (χ3v) is 3.28. The molecule has 1 aromatic heterocycles. The third-order valence-electron chi connectivity index (χ3n) is 3.28. The third kappa shape index (κ3) is 3.56. The molecule has 0 saturated carbocycles. The highest BCUT2D eigenvalue weighted by Crippen LogP contribution is 2.16. The summed E-state index contributed by atoms with van der Waals surface area (Å²) in [4.78, 5) is 0. The maximum atomic E-state index is 13.5. The van der Waals surface area contributed by atoms with Crippen molar-refractivity contribution in [3.05, 3.63) is 71.9 Å². The van der Waals surface area contributed by atoms with Crippen LogP contribution in [0.1, 0.15) is 11.5 Å². The molecule has 5 heteroatoms. The molecule has 0 unspecified atom stereocenters. The van der Waals surface area contributed by atoms with Gasteiger partial charge in [0.1, 0.15) is 5.82 Å². The first kappa shape index (κ1) is 14.4. The molecule has 3 rings (SSSR count). The van der Waals surface area contributed by atoms with Gasteiger partial charge in [-0.15, -0.1) is 10.2 Å². The molecule has 0 saturated heterocycles. The summed E-state index contributed by atoms with van der Waals surface area (Å²) in [6, 6.07) is 16.4. The molecule has 0 aliphatic carbocycles. The zero-order valence-corrected chi connectivity index (χ0v) is 12.0. The van der Waals surface area contributed by atoms with Crippen LogP contribution in [0.5, 0.6) is 0 Å². The molecule has 0 aliphatic rings. The SMILES string of the molecule is Fc1ccccc1CNCCc1nnc(-c2ccccc2)o1. The lowest BCUT2D eigenvalue weighted by molar-refractivity contribution is 0.492. The lowest BCUT2D eigenvalue weighted by Gasteiger charge is -2.04. The molecule has 0 radical (unpaired) electrons. The van der Waals surface area contributed by atoms with E-state index in [9.17, 15) is 4.39 Å². The summed E-state index contributed by atoms with van der Waals surface area (Å²) in [6.45, 7) is 1.12. The van der Waals surface area contributed by atoms with E-state index in [-0.39, 0.29) is 5.82 Å². The number of hydrogen-bond donors (Lipinski definition) is 1. The molecule has 3 aromatic rings. The molecule has 1 heterocycles. The van der Waals surface area contributed by atoms with Crippen LogP contribution >= 0.6 is 0 Å². The molecular weight excluding hydrogens is 281 g/mol. The van der Waals surface area contributed by atoms with Crippen LogP contribution in [0.15, 0.2) is 59.0 Å². The average Bonchev–Trinajstić information content (AvgIpc) is 3.03. The number of nitrogens with zero attached hydrogens (tertiary/aromatic N) is 2. The topological polar surface area (TPSA) is 51.0 Å². The molecule has 4 nitrogen and oxygen atoms in total. The summed E-state index contributed by atoms with van der Waals surface area (Å²) in [5, 5.41) is 11.2. The van der Waals surface area contributed by atoms with Crippen molar-refractivity contribution < 1.29 is 8.81 Å². The van der Waals surface area contributed by atoms with Crippen molar-refractivity contribution in [3.8, 4) is 11.5 Å². The number of halogens is 1. The predicted octanol–water partition coefficient (Wildman–Crippen LogP) is 3.21. The van der Waals surface area contributed by atoms with E-state index < -0.39 is 0 Å². The van der Waals surface area contributed by atoms with Crippen LogP contribution in [0.4, 0.5) is 4.39 Å². The zero-order chi connectivity index (χ0) is 15.2. The highest BCUT2D eigenvalue weighted by Gasteiger charge is 2.07. The Morgan fingerprint density at radius 3 is 2.55 bits per heavy atom. The van der Waals surface area contributed by atoms with Crippen molar-refractivity contribution >= 4 is 0 Å². The Labute approximate surface area is 128 Å². The second-order valence-corrected chi connectivity index (χ2v) is 4.89. The van der Waals surface area contributed by atoms with Crippen LogP contribution < -0.4 is 5.32 Å². The number of aromatic nitrogens is 2. The highest BCUT2D eigenvalue weighted by atomic mass is 19.1. The van der Waals surface area contributed by atoms with Gasteiger partial charge in [0, 0.05) is 30.6 Å². The Kier molecular flexibility index (Phi) is 4.56. The van der Waals surface area contributed by atoms with Gasteiger partial charge in [0.15, 0.2) is 0 Å². The fraction of sp³-hybridized carbons (Fsp3) is 0.176. The normalized spacial score (nSPS) is 10.8. The maximum Gasteiger partial charge on any atom is 0.247 e. The first-order chi connectivity index (χ1) is 10.8. The minimum absolute atomic E-state index is 0.195. The molecular formula is C17H16FN3O. The van der Waals surface area contributed by atoms with E-state index in [1.165, 1.54) is 6.07 Å². The second-order valence-electron chi connectivity index (χ2n) is 4.89. The Bertz CT molecular complexity index is 728. The highest BCUT2D eigenvalue weighted by molar-refractivity contribution is 5.51. The van der Waals surface area contributed by atoms with E-state index in [0.29, 0.717) is 36.9 Å². The first-order valence-electron chi connectivity index (χ1n) is 7.15. The van der Waals surface area contributed by atoms with Crippen molar-refractivity contribution in [1.82, 2.24) is 15.5 Å². The van der Waals surface area contributed by atoms with Crippen molar-refractivity contribution in [2.24, 2.45) is 0 Å². The van der Waals surface area contributed by atoms with Crippen LogP contribution in [0.2, 0.25) is 0 Å². The van der Waals surface area contributed by atoms with E-state index in [2.05, 4.69) is 15.5 Å². The van der Waals surface area contributed by atoms with Gasteiger partial charge in [-0.05, 0) is 18.2 Å². The molecule has 0 spiro atoms. The van der Waals surface area contributed by atoms with Crippen molar-refractivity contribution in [3.63, 3.8) is 0 Å². The van der Waals surface area contributed by atoms with Gasteiger partial charge in [-0.3, -0.25) is 0 Å². The van der Waals surface area contributed by atoms with Crippen LogP contribution in [0, 0.1) is 5.82 Å². The minimum atomic E-state index is -0.195. The molecule has 0 fully saturated rings. The molecule has 0 atom stereocenters. The average molecular weight is 297 g/mol.